The van der Waals surface area contributed by atoms with Gasteiger partial charge in [0.1, 0.15) is 18.5 Å². The molecule has 32 heavy (non-hydrogen) atoms. The van der Waals surface area contributed by atoms with Crippen molar-refractivity contribution in [1.29, 1.82) is 0 Å². The Morgan fingerprint density at radius 3 is 1.97 bits per heavy atom. The van der Waals surface area contributed by atoms with Crippen LogP contribution in [0.1, 0.15) is 38.1 Å². The van der Waals surface area contributed by atoms with Gasteiger partial charge in [-0.3, -0.25) is 24.0 Å². The van der Waals surface area contributed by atoms with Crippen molar-refractivity contribution in [2.24, 2.45) is 0 Å². The Kier molecular flexibility index (Phi) is 8.71. The number of carbonyl (C=O) groups is 5. The molecule has 1 saturated heterocycles. The average Bonchev–Trinajstić information content (AvgIpc) is 2.70. The second-order valence-electron chi connectivity index (χ2n) is 6.84. The summed E-state index contributed by atoms with van der Waals surface area (Å²) >= 11 is 0. The number of hydrogen-bond acceptors (Lipinski definition) is 11. The Labute approximate surface area is 183 Å². The van der Waals surface area contributed by atoms with Crippen molar-refractivity contribution in [2.45, 2.75) is 58.4 Å². The number of esters is 4. The molecule has 0 aromatic heterocycles. The summed E-state index contributed by atoms with van der Waals surface area (Å²) in [5, 5.41) is 0. The molecular weight excluding hydrogens is 428 g/mol. The zero-order chi connectivity index (χ0) is 23.8. The lowest BCUT2D eigenvalue weighted by Gasteiger charge is -2.44. The van der Waals surface area contributed by atoms with Gasteiger partial charge in [-0.05, 0) is 12.1 Å². The van der Waals surface area contributed by atoms with Crippen molar-refractivity contribution >= 4 is 30.2 Å². The van der Waals surface area contributed by atoms with Crippen LogP contribution in [-0.4, -0.2) is 67.5 Å². The molecule has 11 heteroatoms. The van der Waals surface area contributed by atoms with Crippen molar-refractivity contribution in [3.05, 3.63) is 29.8 Å². The van der Waals surface area contributed by atoms with E-state index in [4.69, 9.17) is 28.4 Å². The highest BCUT2D eigenvalue weighted by Crippen LogP contribution is 2.31. The number of benzene rings is 1. The number of para-hydroxylation sites is 1. The van der Waals surface area contributed by atoms with Gasteiger partial charge in [-0.1, -0.05) is 12.1 Å². The van der Waals surface area contributed by atoms with Crippen LogP contribution in [0.3, 0.4) is 0 Å². The minimum atomic E-state index is -1.41. The number of ether oxygens (including phenoxy) is 6. The summed E-state index contributed by atoms with van der Waals surface area (Å²) in [6, 6.07) is 6.20. The van der Waals surface area contributed by atoms with Gasteiger partial charge in [0.15, 0.2) is 18.5 Å². The fourth-order valence-corrected chi connectivity index (χ4v) is 3.09. The maximum absolute atomic E-state index is 11.8. The topological polar surface area (TPSA) is 141 Å². The van der Waals surface area contributed by atoms with E-state index in [9.17, 15) is 24.0 Å². The van der Waals surface area contributed by atoms with Crippen LogP contribution in [0.15, 0.2) is 24.3 Å². The molecule has 1 heterocycles. The zero-order valence-electron chi connectivity index (χ0n) is 18.0. The molecule has 5 atom stereocenters. The molecule has 0 saturated carbocycles. The standard InChI is InChI=1S/C21H24O11/c1-11(23)27-10-17-18(28-12(2)24)19(29-13(3)25)20(30-14(4)26)21(32-17)31-16-8-6-5-7-15(16)9-22/h5-9,17-21H,10H2,1-4H3/t17-,18-,19+,20-,21-/m1/s1. The molecule has 1 aromatic carbocycles. The van der Waals surface area contributed by atoms with Crippen molar-refractivity contribution in [1.82, 2.24) is 0 Å². The van der Waals surface area contributed by atoms with Crippen LogP contribution in [0.4, 0.5) is 0 Å². The minimum Gasteiger partial charge on any atom is -0.463 e. The lowest BCUT2D eigenvalue weighted by Crippen LogP contribution is -2.63. The number of carbonyl (C=O) groups excluding carboxylic acids is 5. The highest BCUT2D eigenvalue weighted by atomic mass is 16.7. The predicted octanol–water partition coefficient (Wildman–Crippen LogP) is 0.961. The first-order valence-corrected chi connectivity index (χ1v) is 9.63. The van der Waals surface area contributed by atoms with Gasteiger partial charge in [-0.25, -0.2) is 0 Å². The summed E-state index contributed by atoms with van der Waals surface area (Å²) in [5.41, 5.74) is 0.181. The number of aldehydes is 1. The first kappa shape index (κ1) is 24.8. The van der Waals surface area contributed by atoms with E-state index in [0.29, 0.717) is 6.29 Å². The van der Waals surface area contributed by atoms with E-state index in [1.165, 1.54) is 19.1 Å². The molecule has 2 rings (SSSR count). The third-order valence-corrected chi connectivity index (χ3v) is 4.24. The van der Waals surface area contributed by atoms with Gasteiger partial charge >= 0.3 is 23.9 Å². The Morgan fingerprint density at radius 1 is 0.844 bits per heavy atom. The Bertz CT molecular complexity index is 865. The summed E-state index contributed by atoms with van der Waals surface area (Å²) in [4.78, 5) is 58.0. The van der Waals surface area contributed by atoms with E-state index in [1.807, 2.05) is 0 Å². The fourth-order valence-electron chi connectivity index (χ4n) is 3.09. The zero-order valence-corrected chi connectivity index (χ0v) is 18.0. The van der Waals surface area contributed by atoms with Crippen molar-refractivity contribution in [3.8, 4) is 5.75 Å². The third kappa shape index (κ3) is 6.77. The second kappa shape index (κ2) is 11.2. The second-order valence-corrected chi connectivity index (χ2v) is 6.84. The molecular formula is C21H24O11. The lowest BCUT2D eigenvalue weighted by molar-refractivity contribution is -0.288. The lowest BCUT2D eigenvalue weighted by atomic mass is 9.98. The quantitative estimate of drug-likeness (QED) is 0.316. The largest absolute Gasteiger partial charge is 0.463 e. The van der Waals surface area contributed by atoms with Crippen LogP contribution < -0.4 is 4.74 Å². The molecule has 0 radical (unpaired) electrons. The van der Waals surface area contributed by atoms with Gasteiger partial charge in [-0.2, -0.15) is 0 Å². The Morgan fingerprint density at radius 2 is 1.41 bits per heavy atom. The summed E-state index contributed by atoms with van der Waals surface area (Å²) in [7, 11) is 0. The van der Waals surface area contributed by atoms with Gasteiger partial charge < -0.3 is 28.4 Å². The van der Waals surface area contributed by atoms with E-state index in [2.05, 4.69) is 0 Å². The fraction of sp³-hybridized carbons (Fsp3) is 0.476. The summed E-state index contributed by atoms with van der Waals surface area (Å²) in [6.45, 7) is 4.14. The molecule has 0 bridgehead atoms. The average molecular weight is 452 g/mol. The van der Waals surface area contributed by atoms with Gasteiger partial charge in [0.2, 0.25) is 12.4 Å². The van der Waals surface area contributed by atoms with Crippen LogP contribution in [0.2, 0.25) is 0 Å². The van der Waals surface area contributed by atoms with Crippen molar-refractivity contribution < 1.29 is 52.4 Å². The third-order valence-electron chi connectivity index (χ3n) is 4.24. The van der Waals surface area contributed by atoms with Crippen LogP contribution in [0, 0.1) is 0 Å². The Balaban J connectivity index is 2.49. The van der Waals surface area contributed by atoms with E-state index in [-0.39, 0.29) is 17.9 Å². The number of rotatable bonds is 8. The predicted molar refractivity (Wildman–Crippen MR) is 104 cm³/mol. The van der Waals surface area contributed by atoms with Gasteiger partial charge in [0.05, 0.1) is 5.56 Å². The molecule has 1 aliphatic heterocycles. The maximum Gasteiger partial charge on any atom is 0.303 e. The van der Waals surface area contributed by atoms with E-state index in [0.717, 1.165) is 20.8 Å². The van der Waals surface area contributed by atoms with Crippen LogP contribution in [-0.2, 0) is 42.9 Å². The molecule has 11 nitrogen and oxygen atoms in total. The van der Waals surface area contributed by atoms with E-state index in [1.54, 1.807) is 12.1 Å². The molecule has 0 spiro atoms. The van der Waals surface area contributed by atoms with Gasteiger partial charge in [-0.15, -0.1) is 0 Å². The van der Waals surface area contributed by atoms with Crippen molar-refractivity contribution in [3.63, 3.8) is 0 Å². The maximum atomic E-state index is 11.8. The molecule has 174 valence electrons. The molecule has 0 unspecified atom stereocenters. The molecule has 0 amide bonds. The first-order valence-electron chi connectivity index (χ1n) is 9.63. The molecule has 0 N–H and O–H groups in total. The summed E-state index contributed by atoms with van der Waals surface area (Å²) in [5.74, 6) is -2.79. The first-order chi connectivity index (χ1) is 15.1. The Hall–Kier alpha value is -3.47. The van der Waals surface area contributed by atoms with Crippen molar-refractivity contribution in [2.75, 3.05) is 6.61 Å². The number of hydrogen-bond donors (Lipinski definition) is 0. The molecule has 0 aliphatic carbocycles. The highest BCUT2D eigenvalue weighted by Gasteiger charge is 2.53. The van der Waals surface area contributed by atoms with Crippen LogP contribution >= 0.6 is 0 Å². The highest BCUT2D eigenvalue weighted by molar-refractivity contribution is 5.79. The molecule has 1 aromatic rings. The van der Waals surface area contributed by atoms with E-state index < -0.39 is 54.6 Å². The molecule has 1 aliphatic rings. The van der Waals surface area contributed by atoms with Crippen LogP contribution in [0.25, 0.3) is 0 Å². The van der Waals surface area contributed by atoms with Gasteiger partial charge in [0.25, 0.3) is 0 Å². The van der Waals surface area contributed by atoms with E-state index >= 15 is 0 Å². The summed E-state index contributed by atoms with van der Waals surface area (Å²) in [6.07, 6.45) is -6.03. The normalized spacial score (nSPS) is 24.6. The smallest absolute Gasteiger partial charge is 0.303 e. The van der Waals surface area contributed by atoms with Crippen LogP contribution in [0.5, 0.6) is 5.75 Å². The minimum absolute atomic E-state index is 0.100. The monoisotopic (exact) mass is 452 g/mol. The SMILES string of the molecule is CC(=O)OC[C@H]1O[C@@H](Oc2ccccc2C=O)[C@H](OC(C)=O)[C@@H](OC(C)=O)[C@@H]1OC(C)=O. The van der Waals surface area contributed by atoms with Gasteiger partial charge in [0, 0.05) is 27.7 Å². The summed E-state index contributed by atoms with van der Waals surface area (Å²) < 4.78 is 32.5. The molecule has 1 fully saturated rings.